The van der Waals surface area contributed by atoms with E-state index in [9.17, 15) is 14.7 Å². The largest absolute Gasteiger partial charge is 0.504 e. The monoisotopic (exact) mass is 433 g/mol. The first-order chi connectivity index (χ1) is 14.2. The normalized spacial score (nSPS) is 17.9. The van der Waals surface area contributed by atoms with Crippen molar-refractivity contribution >= 4 is 25.6 Å². The summed E-state index contributed by atoms with van der Waals surface area (Å²) in [5, 5.41) is 13.0. The number of carbonyl (C=O) groups is 2. The highest BCUT2D eigenvalue weighted by Gasteiger charge is 2.52. The summed E-state index contributed by atoms with van der Waals surface area (Å²) in [6, 6.07) is 3.19. The van der Waals surface area contributed by atoms with E-state index in [1.165, 1.54) is 7.11 Å². The van der Waals surface area contributed by atoms with E-state index < -0.39 is 30.0 Å². The lowest BCUT2D eigenvalue weighted by molar-refractivity contribution is 0.00578. The third-order valence-electron chi connectivity index (χ3n) is 5.28. The summed E-state index contributed by atoms with van der Waals surface area (Å²) < 4.78 is 22.6. The minimum Gasteiger partial charge on any atom is -0.504 e. The zero-order chi connectivity index (χ0) is 23.6. The average molecular weight is 433 g/mol. The van der Waals surface area contributed by atoms with E-state index in [1.807, 2.05) is 27.7 Å². The van der Waals surface area contributed by atoms with Gasteiger partial charge in [-0.25, -0.2) is 4.79 Å². The number of nitrogens with one attached hydrogen (secondary N) is 1. The van der Waals surface area contributed by atoms with Crippen LogP contribution in [0.2, 0.25) is 0 Å². The smallest absolute Gasteiger partial charge is 0.492 e. The molecule has 0 aromatic heterocycles. The van der Waals surface area contributed by atoms with Crippen molar-refractivity contribution in [3.63, 3.8) is 0 Å². The number of hydrogen-bond acceptors (Lipinski definition) is 7. The van der Waals surface area contributed by atoms with Crippen molar-refractivity contribution in [2.75, 3.05) is 13.7 Å². The second-order valence-corrected chi connectivity index (χ2v) is 9.40. The maximum Gasteiger partial charge on any atom is 0.492 e. The van der Waals surface area contributed by atoms with Crippen LogP contribution in [-0.4, -0.2) is 55.1 Å². The molecule has 1 aromatic rings. The molecule has 0 aliphatic carbocycles. The number of carbonyl (C=O) groups excluding carboxylic acids is 2. The van der Waals surface area contributed by atoms with E-state index in [1.54, 1.807) is 39.0 Å². The molecule has 170 valence electrons. The van der Waals surface area contributed by atoms with Gasteiger partial charge in [0.1, 0.15) is 5.60 Å². The minimum absolute atomic E-state index is 0.0524. The van der Waals surface area contributed by atoms with E-state index in [0.29, 0.717) is 17.3 Å². The molecule has 1 fully saturated rings. The minimum atomic E-state index is -0.774. The highest BCUT2D eigenvalue weighted by atomic mass is 16.7. The van der Waals surface area contributed by atoms with Gasteiger partial charge in [-0.15, -0.1) is 0 Å². The van der Waals surface area contributed by atoms with Crippen molar-refractivity contribution < 1.29 is 33.5 Å². The van der Waals surface area contributed by atoms with Gasteiger partial charge in [0.15, 0.2) is 17.8 Å². The number of rotatable bonds is 6. The van der Waals surface area contributed by atoms with Gasteiger partial charge in [0.2, 0.25) is 0 Å². The molecule has 9 heteroatoms. The molecule has 0 unspecified atom stereocenters. The molecule has 0 spiro atoms. The van der Waals surface area contributed by atoms with Crippen molar-refractivity contribution in [2.45, 2.75) is 65.3 Å². The van der Waals surface area contributed by atoms with Crippen molar-refractivity contribution in [1.82, 2.24) is 5.32 Å². The molecule has 1 amide bonds. The number of phenols is 1. The van der Waals surface area contributed by atoms with Crippen molar-refractivity contribution in [3.05, 3.63) is 28.7 Å². The van der Waals surface area contributed by atoms with Gasteiger partial charge >= 0.3 is 13.2 Å². The van der Waals surface area contributed by atoms with Crippen molar-refractivity contribution in [1.29, 1.82) is 0 Å². The number of phenolic OH excluding ortho intramolecular Hbond substituents is 1. The molecule has 1 heterocycles. The maximum absolute atomic E-state index is 12.2. The third-order valence-corrected chi connectivity index (χ3v) is 5.28. The van der Waals surface area contributed by atoms with Crippen LogP contribution in [0.3, 0.4) is 0 Å². The van der Waals surface area contributed by atoms with Crippen LogP contribution in [0.1, 0.15) is 64.4 Å². The maximum atomic E-state index is 12.2. The predicted octanol–water partition coefficient (Wildman–Crippen LogP) is 3.75. The van der Waals surface area contributed by atoms with Gasteiger partial charge in [0.05, 0.1) is 23.9 Å². The number of benzene rings is 1. The molecule has 1 aliphatic rings. The fourth-order valence-electron chi connectivity index (χ4n) is 2.90. The number of methoxy groups -OCH3 is 1. The Labute approximate surface area is 184 Å². The zero-order valence-corrected chi connectivity index (χ0v) is 19.5. The summed E-state index contributed by atoms with van der Waals surface area (Å²) in [7, 11) is 0.628. The van der Waals surface area contributed by atoms with Crippen LogP contribution in [0.4, 0.5) is 4.79 Å². The van der Waals surface area contributed by atoms with Gasteiger partial charge in [-0.1, -0.05) is 12.1 Å². The molecule has 0 radical (unpaired) electrons. The Balaban J connectivity index is 2.42. The lowest BCUT2D eigenvalue weighted by Crippen LogP contribution is -2.41. The van der Waals surface area contributed by atoms with E-state index in [2.05, 4.69) is 5.32 Å². The number of aldehydes is 1. The Bertz CT molecular complexity index is 855. The number of hydrogen-bond donors (Lipinski definition) is 2. The van der Waals surface area contributed by atoms with Crippen LogP contribution in [0, 0.1) is 0 Å². The van der Waals surface area contributed by atoms with Crippen LogP contribution < -0.4 is 10.1 Å². The Morgan fingerprint density at radius 2 is 1.77 bits per heavy atom. The zero-order valence-electron chi connectivity index (χ0n) is 19.5. The molecule has 31 heavy (non-hydrogen) atoms. The van der Waals surface area contributed by atoms with Crippen LogP contribution in [0.5, 0.6) is 11.5 Å². The Morgan fingerprint density at radius 3 is 2.26 bits per heavy atom. The quantitative estimate of drug-likeness (QED) is 0.520. The summed E-state index contributed by atoms with van der Waals surface area (Å²) in [6.07, 6.45) is 1.61. The number of aromatic hydroxyl groups is 1. The molecule has 1 aliphatic heterocycles. The van der Waals surface area contributed by atoms with Crippen LogP contribution >= 0.6 is 0 Å². The summed E-state index contributed by atoms with van der Waals surface area (Å²) >= 11 is 0. The molecule has 0 saturated carbocycles. The van der Waals surface area contributed by atoms with Crippen molar-refractivity contribution in [3.8, 4) is 11.5 Å². The van der Waals surface area contributed by atoms with E-state index in [-0.39, 0.29) is 23.6 Å². The Hall–Kier alpha value is -2.52. The summed E-state index contributed by atoms with van der Waals surface area (Å²) in [5.41, 5.74) is -0.798. The summed E-state index contributed by atoms with van der Waals surface area (Å²) in [4.78, 5) is 23.8. The number of amides is 1. The highest BCUT2D eigenvalue weighted by molar-refractivity contribution is 6.56. The molecular weight excluding hydrogens is 401 g/mol. The molecule has 0 bridgehead atoms. The fourth-order valence-corrected chi connectivity index (χ4v) is 2.90. The predicted molar refractivity (Wildman–Crippen MR) is 118 cm³/mol. The number of alkyl carbamates (subject to hydrolysis) is 1. The van der Waals surface area contributed by atoms with Gasteiger partial charge in [0, 0.05) is 6.54 Å². The van der Waals surface area contributed by atoms with Gasteiger partial charge in [-0.2, -0.15) is 0 Å². The second-order valence-electron chi connectivity index (χ2n) is 9.40. The lowest BCUT2D eigenvalue weighted by Gasteiger charge is -2.32. The molecule has 2 N–H and O–H groups in total. The third kappa shape index (κ3) is 5.80. The molecule has 1 aromatic carbocycles. The van der Waals surface area contributed by atoms with E-state index >= 15 is 0 Å². The molecular formula is C22H32BNO7. The molecule has 1 saturated heterocycles. The van der Waals surface area contributed by atoms with Gasteiger partial charge < -0.3 is 29.2 Å². The first-order valence-corrected chi connectivity index (χ1v) is 10.1. The SMILES string of the molecule is COc1ccc(C=C(CNC(=O)OC(C)(C)C)B2OC(C)(C)C(C)(C)O2)c(C=O)c1O. The first kappa shape index (κ1) is 24.8. The highest BCUT2D eigenvalue weighted by Crippen LogP contribution is 2.39. The average Bonchev–Trinajstić information content (AvgIpc) is 2.84. The molecule has 0 atom stereocenters. The first-order valence-electron chi connectivity index (χ1n) is 10.1. The molecule has 8 nitrogen and oxygen atoms in total. The molecule has 2 rings (SSSR count). The Kier molecular flexibility index (Phi) is 7.12. The van der Waals surface area contributed by atoms with Crippen LogP contribution in [0.15, 0.2) is 17.6 Å². The van der Waals surface area contributed by atoms with E-state index in [4.69, 9.17) is 18.8 Å². The van der Waals surface area contributed by atoms with Gasteiger partial charge in [0.25, 0.3) is 0 Å². The Morgan fingerprint density at radius 1 is 1.19 bits per heavy atom. The topological polar surface area (TPSA) is 103 Å². The standard InChI is InChI=1S/C22H32BNO7/c1-20(2,3)29-19(27)24-12-15(23-30-21(4,5)22(6,7)31-23)11-14-9-10-17(28-8)18(26)16(14)13-25/h9-11,13,26H,12H2,1-8H3,(H,24,27). The second kappa shape index (κ2) is 8.92. The van der Waals surface area contributed by atoms with Crippen LogP contribution in [0.25, 0.3) is 6.08 Å². The summed E-state index contributed by atoms with van der Waals surface area (Å²) in [5.74, 6) is -0.0806. The lowest BCUT2D eigenvalue weighted by atomic mass is 9.76. The van der Waals surface area contributed by atoms with Gasteiger partial charge in [-0.05, 0) is 65.6 Å². The van der Waals surface area contributed by atoms with Gasteiger partial charge in [-0.3, -0.25) is 4.79 Å². The summed E-state index contributed by atoms with van der Waals surface area (Å²) in [6.45, 7) is 13.0. The fraction of sp³-hybridized carbons (Fsp3) is 0.545. The van der Waals surface area contributed by atoms with Crippen LogP contribution in [-0.2, 0) is 14.0 Å². The van der Waals surface area contributed by atoms with Crippen molar-refractivity contribution in [2.24, 2.45) is 0 Å². The van der Waals surface area contributed by atoms with E-state index in [0.717, 1.165) is 0 Å². The number of ether oxygens (including phenoxy) is 2.